The highest BCUT2D eigenvalue weighted by molar-refractivity contribution is 6.17. The van der Waals surface area contributed by atoms with E-state index in [4.69, 9.17) is 25.8 Å². The standard InChI is InChI=1S/C22H23ClO5/c1-22(2,8-3-9-23)19(25)14-5-7-18-16(11-14)21-26-17-6-4-13(12-24)10-15(17)20(27-18)28-21/h4-7,10-12,19-21,25H,3,8-9H2,1-2H3. The summed E-state index contributed by atoms with van der Waals surface area (Å²) in [4.78, 5) is 11.1. The number of halogens is 1. The lowest BCUT2D eigenvalue weighted by Crippen LogP contribution is -2.30. The zero-order valence-electron chi connectivity index (χ0n) is 15.9. The summed E-state index contributed by atoms with van der Waals surface area (Å²) in [5.41, 5.74) is 2.45. The van der Waals surface area contributed by atoms with E-state index in [2.05, 4.69) is 0 Å². The molecular formula is C22H23ClO5. The summed E-state index contributed by atoms with van der Waals surface area (Å²) >= 11 is 5.82. The van der Waals surface area contributed by atoms with Crippen LogP contribution in [0.5, 0.6) is 11.5 Å². The quantitative estimate of drug-likeness (QED) is 0.539. The average Bonchev–Trinajstić information content (AvgIpc) is 2.71. The number of benzene rings is 2. The van der Waals surface area contributed by atoms with E-state index >= 15 is 0 Å². The molecule has 0 amide bonds. The summed E-state index contributed by atoms with van der Waals surface area (Å²) < 4.78 is 17.9. The van der Waals surface area contributed by atoms with Crippen molar-refractivity contribution < 1.29 is 24.1 Å². The van der Waals surface area contributed by atoms with E-state index in [0.717, 1.165) is 30.3 Å². The van der Waals surface area contributed by atoms with Gasteiger partial charge >= 0.3 is 0 Å². The Labute approximate surface area is 169 Å². The minimum Gasteiger partial charge on any atom is -0.460 e. The second-order valence-electron chi connectivity index (χ2n) is 7.93. The fourth-order valence-corrected chi connectivity index (χ4v) is 3.88. The van der Waals surface area contributed by atoms with Gasteiger partial charge in [0, 0.05) is 11.4 Å². The van der Waals surface area contributed by atoms with Crippen LogP contribution in [-0.4, -0.2) is 17.3 Å². The van der Waals surface area contributed by atoms with Crippen molar-refractivity contribution in [3.05, 3.63) is 58.7 Å². The van der Waals surface area contributed by atoms with Crippen LogP contribution in [0.2, 0.25) is 0 Å². The molecule has 2 aromatic rings. The smallest absolute Gasteiger partial charge is 0.233 e. The third-order valence-corrected chi connectivity index (χ3v) is 5.70. The van der Waals surface area contributed by atoms with Crippen molar-refractivity contribution >= 4 is 17.9 Å². The highest BCUT2D eigenvalue weighted by Gasteiger charge is 2.39. The predicted molar refractivity (Wildman–Crippen MR) is 105 cm³/mol. The van der Waals surface area contributed by atoms with E-state index in [9.17, 15) is 9.90 Å². The van der Waals surface area contributed by atoms with Crippen molar-refractivity contribution in [1.82, 2.24) is 0 Å². The van der Waals surface area contributed by atoms with Gasteiger partial charge in [0.05, 0.1) is 17.2 Å². The SMILES string of the molecule is CC(C)(CCCCl)C(O)c1ccc2c(c1)C1Oc3ccc(C=O)cc3C(O2)O1. The molecule has 3 atom stereocenters. The van der Waals surface area contributed by atoms with Crippen molar-refractivity contribution in [3.8, 4) is 11.5 Å². The molecule has 0 radical (unpaired) electrons. The first-order chi connectivity index (χ1) is 13.4. The lowest BCUT2D eigenvalue weighted by Gasteiger charge is -2.38. The third-order valence-electron chi connectivity index (χ3n) is 5.44. The Morgan fingerprint density at radius 2 is 1.75 bits per heavy atom. The van der Waals surface area contributed by atoms with E-state index in [1.165, 1.54) is 0 Å². The lowest BCUT2D eigenvalue weighted by atomic mass is 9.78. The van der Waals surface area contributed by atoms with Gasteiger partial charge in [-0.25, -0.2) is 0 Å². The number of aldehydes is 1. The molecule has 3 unspecified atom stereocenters. The van der Waals surface area contributed by atoms with Gasteiger partial charge in [-0.3, -0.25) is 9.53 Å². The Morgan fingerprint density at radius 3 is 2.39 bits per heavy atom. The Morgan fingerprint density at radius 1 is 1.11 bits per heavy atom. The molecule has 2 heterocycles. The first-order valence-corrected chi connectivity index (χ1v) is 9.92. The fourth-order valence-electron chi connectivity index (χ4n) is 3.74. The number of aliphatic hydroxyl groups excluding tert-OH is 1. The van der Waals surface area contributed by atoms with Gasteiger partial charge in [0.15, 0.2) is 0 Å². The highest BCUT2D eigenvalue weighted by atomic mass is 35.5. The van der Waals surface area contributed by atoms with E-state index in [-0.39, 0.29) is 5.41 Å². The number of carbonyl (C=O) groups is 1. The van der Waals surface area contributed by atoms with Crippen molar-refractivity contribution in [2.75, 3.05) is 5.88 Å². The summed E-state index contributed by atoms with van der Waals surface area (Å²) in [5, 5.41) is 10.9. The molecule has 0 aliphatic carbocycles. The number of alkyl halides is 1. The molecule has 2 aromatic carbocycles. The molecule has 5 nitrogen and oxygen atoms in total. The lowest BCUT2D eigenvalue weighted by molar-refractivity contribution is -0.227. The minimum absolute atomic E-state index is 0.312. The van der Waals surface area contributed by atoms with Gasteiger partial charge in [0.25, 0.3) is 0 Å². The predicted octanol–water partition coefficient (Wildman–Crippen LogP) is 5.08. The van der Waals surface area contributed by atoms with Crippen LogP contribution in [0, 0.1) is 5.41 Å². The Kier molecular flexibility index (Phi) is 5.08. The van der Waals surface area contributed by atoms with Gasteiger partial charge < -0.3 is 14.6 Å². The zero-order valence-corrected chi connectivity index (χ0v) is 16.6. The van der Waals surface area contributed by atoms with Crippen LogP contribution < -0.4 is 9.47 Å². The summed E-state index contributed by atoms with van der Waals surface area (Å²) in [6, 6.07) is 10.8. The maximum atomic E-state index is 11.1. The summed E-state index contributed by atoms with van der Waals surface area (Å²) in [6.45, 7) is 4.06. The molecule has 1 N–H and O–H groups in total. The second-order valence-corrected chi connectivity index (χ2v) is 8.31. The Balaban J connectivity index is 1.63. The zero-order chi connectivity index (χ0) is 19.9. The summed E-state index contributed by atoms with van der Waals surface area (Å²) in [5.74, 6) is 1.86. The van der Waals surface area contributed by atoms with Crippen molar-refractivity contribution in [2.24, 2.45) is 5.41 Å². The normalized spacial score (nSPS) is 21.0. The molecule has 2 aliphatic heterocycles. The number of rotatable bonds is 6. The number of aliphatic hydroxyl groups is 1. The van der Waals surface area contributed by atoms with Gasteiger partial charge in [0.2, 0.25) is 12.6 Å². The largest absolute Gasteiger partial charge is 0.460 e. The van der Waals surface area contributed by atoms with E-state index < -0.39 is 18.7 Å². The van der Waals surface area contributed by atoms with Crippen LogP contribution in [-0.2, 0) is 4.74 Å². The van der Waals surface area contributed by atoms with Crippen molar-refractivity contribution in [1.29, 1.82) is 0 Å². The minimum atomic E-state index is -0.648. The van der Waals surface area contributed by atoms with E-state index in [1.807, 2.05) is 32.0 Å². The summed E-state index contributed by atoms with van der Waals surface area (Å²) in [7, 11) is 0. The molecule has 0 spiro atoms. The molecule has 4 rings (SSSR count). The molecule has 148 valence electrons. The monoisotopic (exact) mass is 402 g/mol. The third kappa shape index (κ3) is 3.39. The Hall–Kier alpha value is -2.08. The van der Waals surface area contributed by atoms with Gasteiger partial charge in [-0.2, -0.15) is 0 Å². The van der Waals surface area contributed by atoms with Crippen LogP contribution >= 0.6 is 11.6 Å². The van der Waals surface area contributed by atoms with E-state index in [0.29, 0.717) is 28.5 Å². The molecular weight excluding hydrogens is 380 g/mol. The number of hydrogen-bond acceptors (Lipinski definition) is 5. The number of hydrogen-bond donors (Lipinski definition) is 1. The van der Waals surface area contributed by atoms with E-state index in [1.54, 1.807) is 18.2 Å². The van der Waals surface area contributed by atoms with Crippen LogP contribution in [0.25, 0.3) is 0 Å². The highest BCUT2D eigenvalue weighted by Crippen LogP contribution is 2.49. The second kappa shape index (κ2) is 7.39. The molecule has 0 fully saturated rings. The Bertz CT molecular complexity index is 894. The molecule has 0 saturated heterocycles. The van der Waals surface area contributed by atoms with Crippen LogP contribution in [0.15, 0.2) is 36.4 Å². The number of ether oxygens (including phenoxy) is 3. The molecule has 2 bridgehead atoms. The van der Waals surface area contributed by atoms with Crippen LogP contribution in [0.3, 0.4) is 0 Å². The van der Waals surface area contributed by atoms with Crippen LogP contribution in [0.1, 0.15) is 72.4 Å². The van der Waals surface area contributed by atoms with Gasteiger partial charge in [-0.1, -0.05) is 19.9 Å². The molecule has 0 aromatic heterocycles. The average molecular weight is 403 g/mol. The topological polar surface area (TPSA) is 65.0 Å². The van der Waals surface area contributed by atoms with Gasteiger partial charge in [-0.05, 0) is 54.2 Å². The summed E-state index contributed by atoms with van der Waals surface area (Å²) in [6.07, 6.45) is 0.539. The maximum absolute atomic E-state index is 11.1. The van der Waals surface area contributed by atoms with Gasteiger partial charge in [-0.15, -0.1) is 11.6 Å². The fraction of sp³-hybridized carbons (Fsp3) is 0.409. The molecule has 0 saturated carbocycles. The molecule has 6 heteroatoms. The first-order valence-electron chi connectivity index (χ1n) is 9.39. The molecule has 2 aliphatic rings. The number of carbonyl (C=O) groups excluding carboxylic acids is 1. The first kappa shape index (κ1) is 19.2. The molecule has 28 heavy (non-hydrogen) atoms. The van der Waals surface area contributed by atoms with Crippen molar-refractivity contribution in [2.45, 2.75) is 45.4 Å². The van der Waals surface area contributed by atoms with Gasteiger partial charge in [0.1, 0.15) is 17.8 Å². The number of fused-ring (bicyclic) bond motifs is 6. The van der Waals surface area contributed by atoms with Crippen molar-refractivity contribution in [3.63, 3.8) is 0 Å². The van der Waals surface area contributed by atoms with Crippen LogP contribution in [0.4, 0.5) is 0 Å². The maximum Gasteiger partial charge on any atom is 0.233 e.